The maximum Gasteiger partial charge on any atom is 0.407 e. The van der Waals surface area contributed by atoms with E-state index in [2.05, 4.69) is 24.5 Å². The molecule has 5 heteroatoms. The first-order valence-corrected chi connectivity index (χ1v) is 8.48. The predicted molar refractivity (Wildman–Crippen MR) is 95.8 cm³/mol. The highest BCUT2D eigenvalue weighted by Gasteiger charge is 2.18. The summed E-state index contributed by atoms with van der Waals surface area (Å²) in [6.07, 6.45) is 0.600. The molecule has 1 aromatic carbocycles. The molecular weight excluding hydrogens is 312 g/mol. The average Bonchev–Trinajstić information content (AvgIpc) is 2.41. The molecule has 1 unspecified atom stereocenters. The van der Waals surface area contributed by atoms with Crippen molar-refractivity contribution in [3.63, 3.8) is 0 Å². The van der Waals surface area contributed by atoms with Crippen LogP contribution in [0.3, 0.4) is 0 Å². The number of halogens is 1. The second-order valence-electron chi connectivity index (χ2n) is 7.22. The van der Waals surface area contributed by atoms with Crippen LogP contribution in [0.5, 0.6) is 0 Å². The molecule has 1 amide bonds. The van der Waals surface area contributed by atoms with Gasteiger partial charge >= 0.3 is 6.09 Å². The molecule has 2 N–H and O–H groups in total. The maximum absolute atomic E-state index is 11.8. The van der Waals surface area contributed by atoms with Crippen molar-refractivity contribution in [2.75, 3.05) is 6.54 Å². The van der Waals surface area contributed by atoms with Gasteiger partial charge in [-0.1, -0.05) is 37.6 Å². The molecule has 1 rings (SSSR count). The second-order valence-corrected chi connectivity index (χ2v) is 7.65. The molecule has 130 valence electrons. The Morgan fingerprint density at radius 2 is 1.83 bits per heavy atom. The lowest BCUT2D eigenvalue weighted by Crippen LogP contribution is -2.43. The van der Waals surface area contributed by atoms with Crippen molar-refractivity contribution in [1.29, 1.82) is 0 Å². The van der Waals surface area contributed by atoms with E-state index in [-0.39, 0.29) is 12.1 Å². The van der Waals surface area contributed by atoms with Gasteiger partial charge in [0.15, 0.2) is 0 Å². The monoisotopic (exact) mass is 340 g/mol. The Labute approximate surface area is 144 Å². The minimum absolute atomic E-state index is 0.193. The van der Waals surface area contributed by atoms with E-state index in [1.807, 2.05) is 45.0 Å². The van der Waals surface area contributed by atoms with Crippen LogP contribution in [-0.2, 0) is 11.3 Å². The van der Waals surface area contributed by atoms with Gasteiger partial charge in [0, 0.05) is 24.2 Å². The van der Waals surface area contributed by atoms with Gasteiger partial charge in [-0.3, -0.25) is 0 Å². The van der Waals surface area contributed by atoms with Crippen LogP contribution in [0.15, 0.2) is 24.3 Å². The minimum atomic E-state index is -0.478. The van der Waals surface area contributed by atoms with Crippen LogP contribution in [0.2, 0.25) is 5.02 Å². The summed E-state index contributed by atoms with van der Waals surface area (Å²) in [5, 5.41) is 7.07. The van der Waals surface area contributed by atoms with Crippen LogP contribution in [0.25, 0.3) is 0 Å². The van der Waals surface area contributed by atoms with Gasteiger partial charge in [-0.15, -0.1) is 0 Å². The first kappa shape index (κ1) is 19.8. The Morgan fingerprint density at radius 3 is 2.35 bits per heavy atom. The standard InChI is InChI=1S/C18H29ClN2O2/c1-13(2)10-16(12-21-17(22)23-18(3,4)5)20-11-14-6-8-15(19)9-7-14/h6-9,13,16,20H,10-12H2,1-5H3,(H,21,22). The van der Waals surface area contributed by atoms with Gasteiger partial charge in [0.1, 0.15) is 5.60 Å². The second kappa shape index (κ2) is 9.14. The SMILES string of the molecule is CC(C)CC(CNC(=O)OC(C)(C)C)NCc1ccc(Cl)cc1. The molecule has 0 aliphatic rings. The highest BCUT2D eigenvalue weighted by atomic mass is 35.5. The van der Waals surface area contributed by atoms with Crippen molar-refractivity contribution in [1.82, 2.24) is 10.6 Å². The molecule has 0 radical (unpaired) electrons. The molecule has 0 saturated carbocycles. The number of hydrogen-bond acceptors (Lipinski definition) is 3. The van der Waals surface area contributed by atoms with E-state index >= 15 is 0 Å². The molecule has 0 aliphatic heterocycles. The molecule has 0 aromatic heterocycles. The summed E-state index contributed by atoms with van der Waals surface area (Å²) in [7, 11) is 0. The number of nitrogens with one attached hydrogen (secondary N) is 2. The van der Waals surface area contributed by atoms with Crippen molar-refractivity contribution in [3.05, 3.63) is 34.9 Å². The Bertz CT molecular complexity index is 481. The number of rotatable bonds is 7. The van der Waals surface area contributed by atoms with Gasteiger partial charge in [0.25, 0.3) is 0 Å². The molecule has 23 heavy (non-hydrogen) atoms. The predicted octanol–water partition coefficient (Wildman–Crippen LogP) is 4.37. The van der Waals surface area contributed by atoms with Gasteiger partial charge in [0.05, 0.1) is 0 Å². The van der Waals surface area contributed by atoms with Crippen molar-refractivity contribution in [2.24, 2.45) is 5.92 Å². The molecule has 0 spiro atoms. The van der Waals surface area contributed by atoms with E-state index in [1.165, 1.54) is 5.56 Å². The Kier molecular flexibility index (Phi) is 7.86. The van der Waals surface area contributed by atoms with Crippen molar-refractivity contribution in [2.45, 2.75) is 59.2 Å². The lowest BCUT2D eigenvalue weighted by Gasteiger charge is -2.24. The van der Waals surface area contributed by atoms with E-state index < -0.39 is 5.60 Å². The Hall–Kier alpha value is -1.26. The largest absolute Gasteiger partial charge is 0.444 e. The van der Waals surface area contributed by atoms with Gasteiger partial charge in [-0.2, -0.15) is 0 Å². The molecule has 1 aromatic rings. The molecule has 0 aliphatic carbocycles. The summed E-state index contributed by atoms with van der Waals surface area (Å²) in [4.78, 5) is 11.8. The number of alkyl carbamates (subject to hydrolysis) is 1. The fraction of sp³-hybridized carbons (Fsp3) is 0.611. The highest BCUT2D eigenvalue weighted by Crippen LogP contribution is 2.11. The Morgan fingerprint density at radius 1 is 1.22 bits per heavy atom. The van der Waals surface area contributed by atoms with Gasteiger partial charge in [0.2, 0.25) is 0 Å². The summed E-state index contributed by atoms with van der Waals surface area (Å²) in [5.74, 6) is 0.540. The third kappa shape index (κ3) is 9.47. The van der Waals surface area contributed by atoms with Gasteiger partial charge in [-0.05, 0) is 50.8 Å². The van der Waals surface area contributed by atoms with E-state index in [0.717, 1.165) is 18.0 Å². The topological polar surface area (TPSA) is 50.4 Å². The quantitative estimate of drug-likeness (QED) is 0.775. The number of amides is 1. The summed E-state index contributed by atoms with van der Waals surface area (Å²) in [6, 6.07) is 7.97. The normalized spacial score (nSPS) is 13.0. The number of ether oxygens (including phenoxy) is 1. The molecule has 0 bridgehead atoms. The number of benzene rings is 1. The zero-order valence-corrected chi connectivity index (χ0v) is 15.5. The van der Waals surface area contributed by atoms with Crippen molar-refractivity contribution in [3.8, 4) is 0 Å². The van der Waals surface area contributed by atoms with Crippen LogP contribution < -0.4 is 10.6 Å². The van der Waals surface area contributed by atoms with Crippen molar-refractivity contribution >= 4 is 17.7 Å². The first-order valence-electron chi connectivity index (χ1n) is 8.10. The smallest absolute Gasteiger partial charge is 0.407 e. The van der Waals surface area contributed by atoms with Crippen LogP contribution in [0, 0.1) is 5.92 Å². The van der Waals surface area contributed by atoms with Crippen LogP contribution in [0.1, 0.15) is 46.6 Å². The molecular formula is C18H29ClN2O2. The summed E-state index contributed by atoms with van der Waals surface area (Å²) < 4.78 is 5.28. The summed E-state index contributed by atoms with van der Waals surface area (Å²) >= 11 is 5.90. The third-order valence-electron chi connectivity index (χ3n) is 3.16. The van der Waals surface area contributed by atoms with Crippen LogP contribution in [0.4, 0.5) is 4.79 Å². The first-order chi connectivity index (χ1) is 10.7. The molecule has 4 nitrogen and oxygen atoms in total. The third-order valence-corrected chi connectivity index (χ3v) is 3.41. The Balaban J connectivity index is 2.48. The molecule has 1 atom stereocenters. The molecule has 0 heterocycles. The fourth-order valence-electron chi connectivity index (χ4n) is 2.19. The minimum Gasteiger partial charge on any atom is -0.444 e. The van der Waals surface area contributed by atoms with Crippen LogP contribution in [-0.4, -0.2) is 24.3 Å². The van der Waals surface area contributed by atoms with E-state index in [1.54, 1.807) is 0 Å². The van der Waals surface area contributed by atoms with Gasteiger partial charge < -0.3 is 15.4 Å². The molecule has 0 saturated heterocycles. The fourth-order valence-corrected chi connectivity index (χ4v) is 2.32. The average molecular weight is 341 g/mol. The summed E-state index contributed by atoms with van der Waals surface area (Å²) in [5.41, 5.74) is 0.689. The maximum atomic E-state index is 11.8. The summed E-state index contributed by atoms with van der Waals surface area (Å²) in [6.45, 7) is 11.2. The van der Waals surface area contributed by atoms with E-state index in [4.69, 9.17) is 16.3 Å². The van der Waals surface area contributed by atoms with E-state index in [0.29, 0.717) is 12.5 Å². The zero-order chi connectivity index (χ0) is 17.5. The lowest BCUT2D eigenvalue weighted by atomic mass is 10.0. The zero-order valence-electron chi connectivity index (χ0n) is 14.8. The number of carbonyl (C=O) groups is 1. The van der Waals surface area contributed by atoms with Crippen LogP contribution >= 0.6 is 11.6 Å². The van der Waals surface area contributed by atoms with E-state index in [9.17, 15) is 4.79 Å². The van der Waals surface area contributed by atoms with Crippen molar-refractivity contribution < 1.29 is 9.53 Å². The number of hydrogen-bond donors (Lipinski definition) is 2. The van der Waals surface area contributed by atoms with Gasteiger partial charge in [-0.25, -0.2) is 4.79 Å². The lowest BCUT2D eigenvalue weighted by molar-refractivity contribution is 0.0521. The highest BCUT2D eigenvalue weighted by molar-refractivity contribution is 6.30. The molecule has 0 fully saturated rings. The number of carbonyl (C=O) groups excluding carboxylic acids is 1.